The van der Waals surface area contributed by atoms with Gasteiger partial charge in [0, 0.05) is 35.8 Å². The number of benzene rings is 2. The fourth-order valence-electron chi connectivity index (χ4n) is 3.88. The number of nitrogens with one attached hydrogen (secondary N) is 1. The van der Waals surface area contributed by atoms with Gasteiger partial charge in [-0.1, -0.05) is 18.2 Å². The molecule has 33 heavy (non-hydrogen) atoms. The summed E-state index contributed by atoms with van der Waals surface area (Å²) >= 11 is 0. The molecule has 0 bridgehead atoms. The lowest BCUT2D eigenvalue weighted by Gasteiger charge is -2.29. The van der Waals surface area contributed by atoms with Crippen LogP contribution in [-0.4, -0.2) is 50.4 Å². The number of amides is 1. The Morgan fingerprint density at radius 1 is 1.03 bits per heavy atom. The Morgan fingerprint density at radius 3 is 2.64 bits per heavy atom. The van der Waals surface area contributed by atoms with E-state index in [9.17, 15) is 10.1 Å². The number of carbonyl (C=O) groups is 1. The molecule has 8 nitrogen and oxygen atoms in total. The Hall–Kier alpha value is -4.09. The van der Waals surface area contributed by atoms with Gasteiger partial charge in [0.25, 0.3) is 5.91 Å². The van der Waals surface area contributed by atoms with Gasteiger partial charge in [0.1, 0.15) is 30.7 Å². The predicted molar refractivity (Wildman–Crippen MR) is 124 cm³/mol. The number of nitrogens with zero attached hydrogens (tertiary/aromatic N) is 3. The molecule has 1 fully saturated rings. The van der Waals surface area contributed by atoms with E-state index in [2.05, 4.69) is 10.2 Å². The molecule has 1 aromatic heterocycles. The topological polar surface area (TPSA) is 96.7 Å². The Kier molecular flexibility index (Phi) is 5.79. The maximum Gasteiger partial charge on any atom is 0.266 e. The van der Waals surface area contributed by atoms with Crippen molar-refractivity contribution in [3.8, 4) is 17.6 Å². The van der Waals surface area contributed by atoms with Crippen molar-refractivity contribution in [2.75, 3.05) is 49.7 Å². The number of anilines is 2. The third-order valence-corrected chi connectivity index (χ3v) is 5.51. The fourth-order valence-corrected chi connectivity index (χ4v) is 3.88. The minimum absolute atomic E-state index is 0.0171. The van der Waals surface area contributed by atoms with E-state index >= 15 is 0 Å². The highest BCUT2D eigenvalue weighted by Gasteiger charge is 2.19. The summed E-state index contributed by atoms with van der Waals surface area (Å²) < 4.78 is 16.6. The zero-order chi connectivity index (χ0) is 22.6. The SMILES string of the molecule is N#C/C(=C/c1cc2ccccc2nc1N1CCOCC1)C(=O)Nc1ccc2c(c1)OCCO2. The molecule has 2 aromatic carbocycles. The van der Waals surface area contributed by atoms with Gasteiger partial charge < -0.3 is 24.4 Å². The minimum Gasteiger partial charge on any atom is -0.486 e. The molecule has 166 valence electrons. The molecule has 1 saturated heterocycles. The van der Waals surface area contributed by atoms with Crippen LogP contribution in [0.3, 0.4) is 0 Å². The van der Waals surface area contributed by atoms with Crippen LogP contribution in [0.2, 0.25) is 0 Å². The van der Waals surface area contributed by atoms with Crippen molar-refractivity contribution in [3.63, 3.8) is 0 Å². The molecule has 3 heterocycles. The second kappa shape index (κ2) is 9.18. The maximum atomic E-state index is 12.9. The first kappa shape index (κ1) is 20.8. The quantitative estimate of drug-likeness (QED) is 0.489. The van der Waals surface area contributed by atoms with Crippen LogP contribution in [0.4, 0.5) is 11.5 Å². The van der Waals surface area contributed by atoms with Crippen molar-refractivity contribution in [2.24, 2.45) is 0 Å². The molecule has 8 heteroatoms. The Labute approximate surface area is 191 Å². The molecule has 0 saturated carbocycles. The first-order valence-corrected chi connectivity index (χ1v) is 10.8. The standard InChI is InChI=1S/C25H22N4O4/c26-16-19(25(30)27-20-5-6-22-23(15-20)33-12-11-32-22)14-18-13-17-3-1-2-4-21(17)28-24(18)29-7-9-31-10-8-29/h1-6,13-15H,7-12H2,(H,27,30)/b19-14-. The molecule has 1 amide bonds. The van der Waals surface area contributed by atoms with E-state index in [0.29, 0.717) is 62.3 Å². The summed E-state index contributed by atoms with van der Waals surface area (Å²) in [5.74, 6) is 1.43. The lowest BCUT2D eigenvalue weighted by atomic mass is 10.1. The molecular formula is C25H22N4O4. The van der Waals surface area contributed by atoms with E-state index in [1.807, 2.05) is 36.4 Å². The van der Waals surface area contributed by atoms with Crippen molar-refractivity contribution in [3.05, 3.63) is 59.7 Å². The molecule has 0 spiro atoms. The Balaban J connectivity index is 1.47. The highest BCUT2D eigenvalue weighted by molar-refractivity contribution is 6.10. The van der Waals surface area contributed by atoms with E-state index in [4.69, 9.17) is 19.2 Å². The van der Waals surface area contributed by atoms with Gasteiger partial charge in [0.05, 0.1) is 18.7 Å². The average molecular weight is 442 g/mol. The van der Waals surface area contributed by atoms with Crippen LogP contribution in [0, 0.1) is 11.3 Å². The number of ether oxygens (including phenoxy) is 3. The number of fused-ring (bicyclic) bond motifs is 2. The fraction of sp³-hybridized carbons (Fsp3) is 0.240. The molecule has 0 radical (unpaired) electrons. The summed E-state index contributed by atoms with van der Waals surface area (Å²) in [6.07, 6.45) is 1.59. The van der Waals surface area contributed by atoms with E-state index in [1.165, 1.54) is 0 Å². The lowest BCUT2D eigenvalue weighted by Crippen LogP contribution is -2.37. The number of carbonyl (C=O) groups excluding carboxylic acids is 1. The van der Waals surface area contributed by atoms with E-state index < -0.39 is 5.91 Å². The molecule has 2 aliphatic rings. The van der Waals surface area contributed by atoms with Crippen molar-refractivity contribution in [1.82, 2.24) is 4.98 Å². The normalized spacial score (nSPS) is 15.7. The van der Waals surface area contributed by atoms with E-state index in [-0.39, 0.29) is 5.57 Å². The zero-order valence-electron chi connectivity index (χ0n) is 17.9. The smallest absolute Gasteiger partial charge is 0.266 e. The second-order valence-corrected chi connectivity index (χ2v) is 7.68. The van der Waals surface area contributed by atoms with Crippen molar-refractivity contribution < 1.29 is 19.0 Å². The molecule has 2 aliphatic heterocycles. The molecule has 1 N–H and O–H groups in total. The third-order valence-electron chi connectivity index (χ3n) is 5.51. The van der Waals surface area contributed by atoms with Gasteiger partial charge in [-0.2, -0.15) is 5.26 Å². The van der Waals surface area contributed by atoms with Crippen LogP contribution in [-0.2, 0) is 9.53 Å². The molecule has 0 atom stereocenters. The van der Waals surface area contributed by atoms with Crippen molar-refractivity contribution in [2.45, 2.75) is 0 Å². The number of pyridine rings is 1. The van der Waals surface area contributed by atoms with Gasteiger partial charge >= 0.3 is 0 Å². The first-order chi connectivity index (χ1) is 16.2. The van der Waals surface area contributed by atoms with Gasteiger partial charge in [0.2, 0.25) is 0 Å². The molecule has 0 unspecified atom stereocenters. The first-order valence-electron chi connectivity index (χ1n) is 10.8. The van der Waals surface area contributed by atoms with Crippen LogP contribution in [0.1, 0.15) is 5.56 Å². The Bertz CT molecular complexity index is 1280. The number of para-hydroxylation sites is 1. The summed E-state index contributed by atoms with van der Waals surface area (Å²) in [5.41, 5.74) is 2.08. The van der Waals surface area contributed by atoms with Crippen LogP contribution < -0.4 is 19.7 Å². The number of hydrogen-bond acceptors (Lipinski definition) is 7. The monoisotopic (exact) mass is 442 g/mol. The van der Waals surface area contributed by atoms with Gasteiger partial charge in [-0.15, -0.1) is 0 Å². The molecule has 3 aromatic rings. The van der Waals surface area contributed by atoms with Gasteiger partial charge in [0.15, 0.2) is 11.5 Å². The average Bonchev–Trinajstić information content (AvgIpc) is 2.87. The van der Waals surface area contributed by atoms with Crippen LogP contribution >= 0.6 is 0 Å². The van der Waals surface area contributed by atoms with Gasteiger partial charge in [-0.05, 0) is 30.3 Å². The summed E-state index contributed by atoms with van der Waals surface area (Å²) in [6.45, 7) is 3.54. The maximum absolute atomic E-state index is 12.9. The van der Waals surface area contributed by atoms with Crippen molar-refractivity contribution in [1.29, 1.82) is 5.26 Å². The highest BCUT2D eigenvalue weighted by Crippen LogP contribution is 2.33. The lowest BCUT2D eigenvalue weighted by molar-refractivity contribution is -0.112. The Morgan fingerprint density at radius 2 is 1.82 bits per heavy atom. The van der Waals surface area contributed by atoms with Crippen LogP contribution in [0.25, 0.3) is 17.0 Å². The van der Waals surface area contributed by atoms with Gasteiger partial charge in [-0.25, -0.2) is 4.98 Å². The summed E-state index contributed by atoms with van der Waals surface area (Å²) in [4.78, 5) is 19.9. The third kappa shape index (κ3) is 4.45. The number of hydrogen-bond donors (Lipinski definition) is 1. The second-order valence-electron chi connectivity index (χ2n) is 7.68. The van der Waals surface area contributed by atoms with Gasteiger partial charge in [-0.3, -0.25) is 4.79 Å². The van der Waals surface area contributed by atoms with Crippen LogP contribution in [0.15, 0.2) is 54.1 Å². The molecular weight excluding hydrogens is 420 g/mol. The zero-order valence-corrected chi connectivity index (χ0v) is 17.9. The summed E-state index contributed by atoms with van der Waals surface area (Å²) in [7, 11) is 0. The highest BCUT2D eigenvalue weighted by atomic mass is 16.6. The van der Waals surface area contributed by atoms with Crippen molar-refractivity contribution >= 4 is 34.4 Å². The minimum atomic E-state index is -0.504. The molecule has 0 aliphatic carbocycles. The predicted octanol–water partition coefficient (Wildman–Crippen LogP) is 3.39. The number of rotatable bonds is 4. The largest absolute Gasteiger partial charge is 0.486 e. The molecule has 5 rings (SSSR count). The van der Waals surface area contributed by atoms with E-state index in [1.54, 1.807) is 24.3 Å². The number of aromatic nitrogens is 1. The van der Waals surface area contributed by atoms with E-state index in [0.717, 1.165) is 16.7 Å². The van der Waals surface area contributed by atoms with Crippen LogP contribution in [0.5, 0.6) is 11.5 Å². The summed E-state index contributed by atoms with van der Waals surface area (Å²) in [5, 5.41) is 13.5. The number of nitriles is 1. The summed E-state index contributed by atoms with van der Waals surface area (Å²) in [6, 6.07) is 16.9. The number of morpholine rings is 1.